The molecule has 0 aromatic heterocycles. The van der Waals surface area contributed by atoms with Crippen molar-refractivity contribution >= 4 is 29.9 Å². The Morgan fingerprint density at radius 2 is 1.79 bits per heavy atom. The van der Waals surface area contributed by atoms with Crippen LogP contribution in [0.15, 0.2) is 53.5 Å². The number of guanidine groups is 1. The van der Waals surface area contributed by atoms with Crippen LogP contribution in [0.25, 0.3) is 0 Å². The van der Waals surface area contributed by atoms with E-state index in [9.17, 15) is 0 Å². The fraction of sp³-hybridized carbons (Fsp3) is 0.409. The van der Waals surface area contributed by atoms with Gasteiger partial charge >= 0.3 is 0 Å². The number of hydrogen-bond acceptors (Lipinski definition) is 4. The average molecular weight is 512 g/mol. The number of nitrogens with zero attached hydrogens (tertiary/aromatic N) is 2. The zero-order valence-corrected chi connectivity index (χ0v) is 20.3. The molecule has 0 aliphatic rings. The summed E-state index contributed by atoms with van der Waals surface area (Å²) in [6.45, 7) is 1.50. The molecule has 2 rings (SSSR count). The summed E-state index contributed by atoms with van der Waals surface area (Å²) in [5, 5.41) is 6.80. The van der Waals surface area contributed by atoms with Crippen molar-refractivity contribution in [2.24, 2.45) is 4.99 Å². The number of benzene rings is 2. The van der Waals surface area contributed by atoms with E-state index in [1.54, 1.807) is 21.3 Å². The Bertz CT molecular complexity index is 768. The second-order valence-electron chi connectivity index (χ2n) is 6.70. The van der Waals surface area contributed by atoms with Crippen molar-refractivity contribution in [1.29, 1.82) is 0 Å². The minimum atomic E-state index is 0. The fourth-order valence-electron chi connectivity index (χ4n) is 3.09. The summed E-state index contributed by atoms with van der Waals surface area (Å²) >= 11 is 0. The molecule has 29 heavy (non-hydrogen) atoms. The predicted molar refractivity (Wildman–Crippen MR) is 131 cm³/mol. The van der Waals surface area contributed by atoms with E-state index < -0.39 is 0 Å². The van der Waals surface area contributed by atoms with Gasteiger partial charge in [-0.25, -0.2) is 0 Å². The molecular formula is C22H33IN4O2. The Labute approximate surface area is 191 Å². The standard InChI is InChI=1S/C22H32N4O2.HI/c1-23-22(24-14-13-17-9-6-7-12-21(17)28-5)25-16-20(26(2)3)18-10-8-11-19(15-18)27-4;/h6-12,15,20H,13-14,16H2,1-5H3,(H2,23,24,25);1H. The maximum absolute atomic E-state index is 5.41. The third kappa shape index (κ3) is 7.74. The number of para-hydroxylation sites is 1. The highest BCUT2D eigenvalue weighted by Crippen LogP contribution is 2.22. The lowest BCUT2D eigenvalue weighted by atomic mass is 10.1. The van der Waals surface area contributed by atoms with Gasteiger partial charge < -0.3 is 25.0 Å². The largest absolute Gasteiger partial charge is 0.497 e. The van der Waals surface area contributed by atoms with Crippen molar-refractivity contribution < 1.29 is 9.47 Å². The van der Waals surface area contributed by atoms with Crippen LogP contribution in [0.1, 0.15) is 17.2 Å². The maximum Gasteiger partial charge on any atom is 0.191 e. The van der Waals surface area contributed by atoms with Crippen LogP contribution in [0.3, 0.4) is 0 Å². The van der Waals surface area contributed by atoms with Gasteiger partial charge in [0.1, 0.15) is 11.5 Å². The number of aliphatic imine (C=N–C) groups is 1. The summed E-state index contributed by atoms with van der Waals surface area (Å²) in [6.07, 6.45) is 0.859. The third-order valence-electron chi connectivity index (χ3n) is 4.67. The lowest BCUT2D eigenvalue weighted by Gasteiger charge is -2.26. The van der Waals surface area contributed by atoms with Crippen LogP contribution < -0.4 is 20.1 Å². The van der Waals surface area contributed by atoms with Gasteiger partial charge in [-0.15, -0.1) is 24.0 Å². The first-order valence-corrected chi connectivity index (χ1v) is 9.45. The summed E-state index contributed by atoms with van der Waals surface area (Å²) in [4.78, 5) is 6.52. The second kappa shape index (κ2) is 13.3. The third-order valence-corrected chi connectivity index (χ3v) is 4.67. The van der Waals surface area contributed by atoms with Crippen LogP contribution in [0.2, 0.25) is 0 Å². The summed E-state index contributed by atoms with van der Waals surface area (Å²) in [6, 6.07) is 16.4. The molecule has 0 spiro atoms. The SMILES string of the molecule is CN=C(NCCc1ccccc1OC)NCC(c1cccc(OC)c1)N(C)C.I. The van der Waals surface area contributed by atoms with E-state index in [1.807, 2.05) is 30.3 Å². The Balaban J connectivity index is 0.00000420. The molecule has 0 radical (unpaired) electrons. The van der Waals surface area contributed by atoms with Crippen LogP contribution in [-0.4, -0.2) is 59.3 Å². The number of ether oxygens (including phenoxy) is 2. The normalized spacial score (nSPS) is 12.1. The molecule has 0 saturated carbocycles. The quantitative estimate of drug-likeness (QED) is 0.307. The van der Waals surface area contributed by atoms with Gasteiger partial charge in [-0.05, 0) is 49.8 Å². The van der Waals surface area contributed by atoms with Gasteiger partial charge in [0.2, 0.25) is 0 Å². The summed E-state index contributed by atoms with van der Waals surface area (Å²) in [5.41, 5.74) is 2.37. The Kier molecular flexibility index (Phi) is 11.5. The summed E-state index contributed by atoms with van der Waals surface area (Å²) in [5.74, 6) is 2.56. The van der Waals surface area contributed by atoms with E-state index >= 15 is 0 Å². The van der Waals surface area contributed by atoms with Crippen molar-refractivity contribution in [1.82, 2.24) is 15.5 Å². The molecule has 2 N–H and O–H groups in total. The van der Waals surface area contributed by atoms with Gasteiger partial charge in [0.15, 0.2) is 5.96 Å². The highest BCUT2D eigenvalue weighted by Gasteiger charge is 2.15. The molecule has 0 aliphatic carbocycles. The number of halogens is 1. The molecule has 7 heteroatoms. The van der Waals surface area contributed by atoms with Crippen LogP contribution in [0, 0.1) is 0 Å². The molecule has 1 atom stereocenters. The van der Waals surface area contributed by atoms with E-state index in [1.165, 1.54) is 11.1 Å². The van der Waals surface area contributed by atoms with Gasteiger partial charge in [0, 0.05) is 20.1 Å². The van der Waals surface area contributed by atoms with Gasteiger partial charge in [-0.2, -0.15) is 0 Å². The van der Waals surface area contributed by atoms with Crippen LogP contribution in [0.5, 0.6) is 11.5 Å². The lowest BCUT2D eigenvalue weighted by Crippen LogP contribution is -2.42. The van der Waals surface area contributed by atoms with E-state index in [2.05, 4.69) is 52.8 Å². The smallest absolute Gasteiger partial charge is 0.191 e. The van der Waals surface area contributed by atoms with Gasteiger partial charge in [0.25, 0.3) is 0 Å². The molecule has 160 valence electrons. The van der Waals surface area contributed by atoms with Crippen LogP contribution in [-0.2, 0) is 6.42 Å². The molecule has 0 amide bonds. The Hall–Kier alpha value is -2.00. The van der Waals surface area contributed by atoms with Crippen molar-refractivity contribution in [3.05, 3.63) is 59.7 Å². The molecule has 2 aromatic rings. The van der Waals surface area contributed by atoms with E-state index in [4.69, 9.17) is 9.47 Å². The minimum Gasteiger partial charge on any atom is -0.497 e. The summed E-state index contributed by atoms with van der Waals surface area (Å²) < 4.78 is 10.8. The van der Waals surface area contributed by atoms with Gasteiger partial charge in [-0.1, -0.05) is 30.3 Å². The average Bonchev–Trinajstić information content (AvgIpc) is 2.72. The zero-order valence-electron chi connectivity index (χ0n) is 17.9. The monoisotopic (exact) mass is 512 g/mol. The first kappa shape index (κ1) is 25.0. The van der Waals surface area contributed by atoms with E-state index in [0.717, 1.165) is 37.0 Å². The summed E-state index contributed by atoms with van der Waals surface area (Å²) in [7, 11) is 9.32. The van der Waals surface area contributed by atoms with Crippen molar-refractivity contribution in [2.45, 2.75) is 12.5 Å². The number of hydrogen-bond donors (Lipinski definition) is 2. The first-order valence-electron chi connectivity index (χ1n) is 9.45. The topological polar surface area (TPSA) is 58.1 Å². The van der Waals surface area contributed by atoms with E-state index in [0.29, 0.717) is 0 Å². The van der Waals surface area contributed by atoms with Crippen molar-refractivity contribution in [2.75, 3.05) is 48.5 Å². The molecule has 0 bridgehead atoms. The van der Waals surface area contributed by atoms with Crippen LogP contribution >= 0.6 is 24.0 Å². The highest BCUT2D eigenvalue weighted by atomic mass is 127. The molecule has 1 unspecified atom stereocenters. The second-order valence-corrected chi connectivity index (χ2v) is 6.70. The molecular weight excluding hydrogens is 479 g/mol. The van der Waals surface area contributed by atoms with E-state index in [-0.39, 0.29) is 30.0 Å². The van der Waals surface area contributed by atoms with Gasteiger partial charge in [0.05, 0.1) is 20.3 Å². The highest BCUT2D eigenvalue weighted by molar-refractivity contribution is 14.0. The Morgan fingerprint density at radius 1 is 1.03 bits per heavy atom. The van der Waals surface area contributed by atoms with Crippen LogP contribution in [0.4, 0.5) is 0 Å². The van der Waals surface area contributed by atoms with Crippen molar-refractivity contribution in [3.63, 3.8) is 0 Å². The van der Waals surface area contributed by atoms with Gasteiger partial charge in [-0.3, -0.25) is 4.99 Å². The minimum absolute atomic E-state index is 0. The molecule has 0 fully saturated rings. The number of likely N-dealkylation sites (N-methyl/N-ethyl adjacent to an activating group) is 1. The molecule has 0 aliphatic heterocycles. The number of rotatable bonds is 9. The predicted octanol–water partition coefficient (Wildman–Crippen LogP) is 3.33. The lowest BCUT2D eigenvalue weighted by molar-refractivity contribution is 0.297. The molecule has 0 heterocycles. The molecule has 6 nitrogen and oxygen atoms in total. The molecule has 2 aromatic carbocycles. The zero-order chi connectivity index (χ0) is 20.4. The first-order chi connectivity index (χ1) is 13.6. The maximum atomic E-state index is 5.41. The number of methoxy groups -OCH3 is 2. The van der Waals surface area contributed by atoms with Crippen molar-refractivity contribution in [3.8, 4) is 11.5 Å². The molecule has 0 saturated heterocycles. The Morgan fingerprint density at radius 3 is 2.45 bits per heavy atom. The number of nitrogens with one attached hydrogen (secondary N) is 2. The fourth-order valence-corrected chi connectivity index (χ4v) is 3.09.